The first kappa shape index (κ1) is 32.9. The van der Waals surface area contributed by atoms with Gasteiger partial charge in [-0.3, -0.25) is 9.13 Å². The molecule has 0 spiro atoms. The van der Waals surface area contributed by atoms with Gasteiger partial charge in [0.25, 0.3) is 0 Å². The number of hydrogen-bond donors (Lipinski definition) is 0. The molecule has 4 heterocycles. The average Bonchev–Trinajstić information content (AvgIpc) is 3.82. The van der Waals surface area contributed by atoms with Crippen molar-refractivity contribution in [2.45, 2.75) is 13.8 Å². The van der Waals surface area contributed by atoms with Crippen LogP contribution in [0.1, 0.15) is 13.8 Å². The molecule has 0 amide bonds. The van der Waals surface area contributed by atoms with Crippen LogP contribution < -0.4 is 0 Å². The number of para-hydroxylation sites is 5. The number of nitrogens with zero attached hydrogens (tertiary/aromatic N) is 4. The van der Waals surface area contributed by atoms with Gasteiger partial charge in [-0.1, -0.05) is 121 Å². The number of benzene rings is 6. The van der Waals surface area contributed by atoms with E-state index in [1.165, 1.54) is 43.4 Å². The van der Waals surface area contributed by atoms with E-state index in [1.807, 2.05) is 38.2 Å². The van der Waals surface area contributed by atoms with Crippen molar-refractivity contribution in [1.82, 2.24) is 18.7 Å². The van der Waals surface area contributed by atoms with Crippen LogP contribution in [0.15, 0.2) is 182 Å². The highest BCUT2D eigenvalue weighted by Crippen LogP contribution is 2.39. The first-order chi connectivity index (χ1) is 25.3. The molecule has 0 bridgehead atoms. The van der Waals surface area contributed by atoms with E-state index in [9.17, 15) is 0 Å². The molecule has 10 aromatic rings. The summed E-state index contributed by atoms with van der Waals surface area (Å²) >= 11 is 0. The van der Waals surface area contributed by atoms with Gasteiger partial charge in [0.1, 0.15) is 11.6 Å². The molecule has 0 aliphatic heterocycles. The van der Waals surface area contributed by atoms with Crippen LogP contribution in [0, 0.1) is 0 Å². The van der Waals surface area contributed by atoms with Crippen LogP contribution in [0.2, 0.25) is 0 Å². The van der Waals surface area contributed by atoms with E-state index in [4.69, 9.17) is 4.98 Å². The van der Waals surface area contributed by atoms with Crippen LogP contribution in [0.5, 0.6) is 0 Å². The molecule has 0 N–H and O–H groups in total. The topological polar surface area (TPSA) is 27.7 Å². The Balaban J connectivity index is 0.000000513. The van der Waals surface area contributed by atoms with Crippen molar-refractivity contribution in [2.24, 2.45) is 0 Å². The SMILES string of the molecule is C/C=C\C=C/C.S.c1ccc(-n2c3ccccc3c3cc4c(cc32)c2ccccc2n4-c2cccc(-n3c4ccccc4c4ccccc43)n2)cc1. The molecule has 0 saturated carbocycles. The second-order valence-corrected chi connectivity index (χ2v) is 12.7. The summed E-state index contributed by atoms with van der Waals surface area (Å²) in [7, 11) is 0. The van der Waals surface area contributed by atoms with Crippen LogP contribution in [-0.4, -0.2) is 18.7 Å². The first-order valence-electron chi connectivity index (χ1n) is 17.5. The Hall–Kier alpha value is -6.30. The minimum absolute atomic E-state index is 0. The highest BCUT2D eigenvalue weighted by Gasteiger charge is 2.19. The lowest BCUT2D eigenvalue weighted by Gasteiger charge is -2.12. The predicted octanol–water partition coefficient (Wildman–Crippen LogP) is 12.6. The van der Waals surface area contributed by atoms with Gasteiger partial charge in [-0.05, 0) is 74.5 Å². The predicted molar refractivity (Wildman–Crippen MR) is 227 cm³/mol. The number of pyridine rings is 1. The maximum absolute atomic E-state index is 5.37. The van der Waals surface area contributed by atoms with Crippen LogP contribution in [0.4, 0.5) is 0 Å². The molecule has 6 aromatic carbocycles. The Morgan fingerprint density at radius 1 is 0.365 bits per heavy atom. The molecule has 0 fully saturated rings. The first-order valence-corrected chi connectivity index (χ1v) is 17.5. The smallest absolute Gasteiger partial charge is 0.140 e. The summed E-state index contributed by atoms with van der Waals surface area (Å²) in [5.41, 5.74) is 8.15. The second kappa shape index (κ2) is 13.8. The van der Waals surface area contributed by atoms with Crippen molar-refractivity contribution in [2.75, 3.05) is 0 Å². The molecule has 52 heavy (non-hydrogen) atoms. The Morgan fingerprint density at radius 3 is 1.19 bits per heavy atom. The number of fused-ring (bicyclic) bond motifs is 9. The molecule has 0 aliphatic rings. The fraction of sp³-hybridized carbons (Fsp3) is 0.0426. The van der Waals surface area contributed by atoms with Gasteiger partial charge in [0.2, 0.25) is 0 Å². The minimum Gasteiger partial charge on any atom is -0.309 e. The molecule has 0 unspecified atom stereocenters. The zero-order valence-electron chi connectivity index (χ0n) is 29.1. The fourth-order valence-electron chi connectivity index (χ4n) is 7.59. The monoisotopic (exact) mass is 690 g/mol. The summed E-state index contributed by atoms with van der Waals surface area (Å²) in [6.45, 7) is 4.00. The molecule has 0 radical (unpaired) electrons. The normalized spacial score (nSPS) is 11.7. The van der Waals surface area contributed by atoms with E-state index >= 15 is 0 Å². The zero-order chi connectivity index (χ0) is 34.3. The lowest BCUT2D eigenvalue weighted by molar-refractivity contribution is 1.01. The number of aromatic nitrogens is 4. The van der Waals surface area contributed by atoms with Crippen molar-refractivity contribution in [1.29, 1.82) is 0 Å². The Labute approximate surface area is 309 Å². The standard InChI is InChI=1S/C41H26N4.C6H10.H2S/c1-2-13-27(14-3-1)43-34-19-8-6-17-30(34)32-26-39-33(25-38(32)43)31-18-7-11-22-37(31)45(39)41-24-12-23-40(42-41)44-35-20-9-4-15-28(35)29-16-5-10-21-36(29)44;1-3-5-6-4-2;/h1-26H;3-6H,1-2H3;1H2/b;5-3-,6-4-;. The summed E-state index contributed by atoms with van der Waals surface area (Å²) in [4.78, 5) is 5.37. The fourth-order valence-corrected chi connectivity index (χ4v) is 7.59. The third-order valence-electron chi connectivity index (χ3n) is 9.73. The van der Waals surface area contributed by atoms with Gasteiger partial charge in [-0.15, -0.1) is 0 Å². The van der Waals surface area contributed by atoms with Crippen LogP contribution in [-0.2, 0) is 0 Å². The number of hydrogen-bond acceptors (Lipinski definition) is 1. The zero-order valence-corrected chi connectivity index (χ0v) is 30.1. The Bertz CT molecular complexity index is 2880. The summed E-state index contributed by atoms with van der Waals surface area (Å²) in [5, 5.41) is 7.35. The number of rotatable bonds is 4. The molecule has 4 aromatic heterocycles. The van der Waals surface area contributed by atoms with Crippen molar-refractivity contribution < 1.29 is 0 Å². The van der Waals surface area contributed by atoms with Crippen molar-refractivity contribution in [3.05, 3.63) is 182 Å². The molecular formula is C47H38N4S. The van der Waals surface area contributed by atoms with Gasteiger partial charge in [0, 0.05) is 38.0 Å². The van der Waals surface area contributed by atoms with Crippen LogP contribution in [0.3, 0.4) is 0 Å². The van der Waals surface area contributed by atoms with Crippen molar-refractivity contribution in [3.8, 4) is 17.3 Å². The summed E-state index contributed by atoms with van der Waals surface area (Å²) < 4.78 is 7.00. The molecule has 0 atom stereocenters. The van der Waals surface area contributed by atoms with E-state index in [2.05, 4.69) is 171 Å². The van der Waals surface area contributed by atoms with Gasteiger partial charge in [-0.2, -0.15) is 13.5 Å². The van der Waals surface area contributed by atoms with E-state index in [0.717, 1.165) is 39.4 Å². The van der Waals surface area contributed by atoms with Crippen LogP contribution in [0.25, 0.3) is 82.7 Å². The average molecular weight is 691 g/mol. The van der Waals surface area contributed by atoms with E-state index in [1.54, 1.807) is 0 Å². The Morgan fingerprint density at radius 2 is 0.731 bits per heavy atom. The van der Waals surface area contributed by atoms with Crippen LogP contribution >= 0.6 is 13.5 Å². The van der Waals surface area contributed by atoms with Crippen molar-refractivity contribution >= 4 is 78.9 Å². The molecular weight excluding hydrogens is 653 g/mol. The maximum atomic E-state index is 5.37. The third-order valence-corrected chi connectivity index (χ3v) is 9.73. The highest BCUT2D eigenvalue weighted by molar-refractivity contribution is 7.59. The van der Waals surface area contributed by atoms with E-state index in [0.29, 0.717) is 0 Å². The highest BCUT2D eigenvalue weighted by atomic mass is 32.1. The van der Waals surface area contributed by atoms with Gasteiger partial charge in [0.15, 0.2) is 0 Å². The van der Waals surface area contributed by atoms with Gasteiger partial charge in [0.05, 0.1) is 33.1 Å². The summed E-state index contributed by atoms with van der Waals surface area (Å²) in [5.74, 6) is 1.80. The summed E-state index contributed by atoms with van der Waals surface area (Å²) in [6.07, 6.45) is 8.00. The summed E-state index contributed by atoms with van der Waals surface area (Å²) in [6, 6.07) is 56.3. The largest absolute Gasteiger partial charge is 0.309 e. The van der Waals surface area contributed by atoms with Crippen molar-refractivity contribution in [3.63, 3.8) is 0 Å². The molecule has 0 aliphatic carbocycles. The number of allylic oxidation sites excluding steroid dienone is 4. The third kappa shape index (κ3) is 5.29. The molecule has 252 valence electrons. The van der Waals surface area contributed by atoms with E-state index < -0.39 is 0 Å². The molecule has 10 rings (SSSR count). The molecule has 0 saturated heterocycles. The maximum Gasteiger partial charge on any atom is 0.140 e. The molecule has 5 heteroatoms. The van der Waals surface area contributed by atoms with Gasteiger partial charge in [-0.25, -0.2) is 4.98 Å². The lowest BCUT2D eigenvalue weighted by Crippen LogP contribution is -2.03. The van der Waals surface area contributed by atoms with Gasteiger partial charge < -0.3 is 4.57 Å². The van der Waals surface area contributed by atoms with E-state index in [-0.39, 0.29) is 13.5 Å². The van der Waals surface area contributed by atoms with Gasteiger partial charge >= 0.3 is 0 Å². The minimum atomic E-state index is 0. The quantitative estimate of drug-likeness (QED) is 0.169. The second-order valence-electron chi connectivity index (χ2n) is 12.7. The Kier molecular flexibility index (Phi) is 8.71. The lowest BCUT2D eigenvalue weighted by atomic mass is 10.1. The molecule has 4 nitrogen and oxygen atoms in total.